The molecular formula is C60H52N4OPt-2. The maximum absolute atomic E-state index is 9.68. The zero-order valence-corrected chi connectivity index (χ0v) is 40.6. The van der Waals surface area contributed by atoms with Crippen LogP contribution in [0.15, 0.2) is 152 Å². The van der Waals surface area contributed by atoms with Crippen molar-refractivity contribution in [3.63, 3.8) is 0 Å². The minimum absolute atomic E-state index is 0. The summed E-state index contributed by atoms with van der Waals surface area (Å²) in [6.07, 6.45) is 5.52. The Morgan fingerprint density at radius 2 is 1.21 bits per heavy atom. The van der Waals surface area contributed by atoms with E-state index in [4.69, 9.17) is 15.2 Å². The molecule has 0 bridgehead atoms. The molecule has 4 heterocycles. The third-order valence-corrected chi connectivity index (χ3v) is 12.5. The summed E-state index contributed by atoms with van der Waals surface area (Å²) in [6, 6.07) is 35.3. The SMILES string of the molecule is [2H]c1c([2H])c([2H])c2c(c1[2H])-c1cc(C(C)(C)C)cc(C(C)(C)C)c1-[n+]1[c-]n(-c3[c-]c(Oc4[c-]c5c(cc4)c4ccccc4n5-c4cc(C(C)(C)C)ccn4)ccc3)c3cccc(c31)-c1c([2H])c([2H])c([2H])c([2H])c1-2.[Pt]. The van der Waals surface area contributed by atoms with Crippen LogP contribution in [-0.2, 0) is 37.3 Å². The Hall–Kier alpha value is -6.55. The molecule has 0 aliphatic carbocycles. The Morgan fingerprint density at radius 3 is 1.91 bits per heavy atom. The zero-order chi connectivity index (χ0) is 52.0. The van der Waals surface area contributed by atoms with Crippen molar-refractivity contribution in [2.24, 2.45) is 0 Å². The summed E-state index contributed by atoms with van der Waals surface area (Å²) >= 11 is 0. The van der Waals surface area contributed by atoms with E-state index in [1.54, 1.807) is 6.07 Å². The van der Waals surface area contributed by atoms with E-state index in [0.717, 1.165) is 44.3 Å². The molecule has 0 fully saturated rings. The largest absolute Gasteiger partial charge is 0.510 e. The van der Waals surface area contributed by atoms with Crippen molar-refractivity contribution in [1.29, 1.82) is 0 Å². The van der Waals surface area contributed by atoms with Gasteiger partial charge < -0.3 is 13.9 Å². The Balaban J connectivity index is 0.00000626. The van der Waals surface area contributed by atoms with Gasteiger partial charge in [0.25, 0.3) is 6.33 Å². The molecule has 6 heteroatoms. The predicted molar refractivity (Wildman–Crippen MR) is 266 cm³/mol. The monoisotopic (exact) mass is 1050 g/mol. The maximum Gasteiger partial charge on any atom is 0.268 e. The Bertz CT molecular complexity index is 4010. The van der Waals surface area contributed by atoms with Crippen LogP contribution < -0.4 is 9.30 Å². The van der Waals surface area contributed by atoms with Crippen LogP contribution in [-0.4, -0.2) is 14.1 Å². The van der Waals surface area contributed by atoms with Crippen molar-refractivity contribution < 1.29 is 41.3 Å². The average molecular weight is 1050 g/mol. The molecule has 5 nitrogen and oxygen atoms in total. The summed E-state index contributed by atoms with van der Waals surface area (Å²) in [5.74, 6) is 1.64. The molecule has 0 amide bonds. The molecule has 1 aliphatic heterocycles. The molecule has 10 aromatic rings. The van der Waals surface area contributed by atoms with E-state index in [0.29, 0.717) is 45.0 Å². The first-order chi connectivity index (χ1) is 34.4. The molecule has 0 unspecified atom stereocenters. The molecule has 0 spiro atoms. The number of imidazole rings is 1. The van der Waals surface area contributed by atoms with Crippen molar-refractivity contribution in [3.8, 4) is 62.1 Å². The molecule has 0 N–H and O–H groups in total. The van der Waals surface area contributed by atoms with Gasteiger partial charge in [0.2, 0.25) is 0 Å². The predicted octanol–water partition coefficient (Wildman–Crippen LogP) is 14.8. The zero-order valence-electron chi connectivity index (χ0n) is 46.3. The van der Waals surface area contributed by atoms with Crippen LogP contribution in [0.1, 0.15) is 90.0 Å². The maximum atomic E-state index is 9.68. The van der Waals surface area contributed by atoms with Gasteiger partial charge in [0.1, 0.15) is 5.82 Å². The Labute approximate surface area is 413 Å². The van der Waals surface area contributed by atoms with E-state index in [1.165, 1.54) is 0 Å². The molecule has 0 atom stereocenters. The summed E-state index contributed by atoms with van der Waals surface area (Å²) in [4.78, 5) is 4.84. The van der Waals surface area contributed by atoms with Crippen molar-refractivity contribution in [2.75, 3.05) is 0 Å². The van der Waals surface area contributed by atoms with Gasteiger partial charge in [-0.3, -0.25) is 4.57 Å². The van der Waals surface area contributed by atoms with E-state index < -0.39 is 47.1 Å². The van der Waals surface area contributed by atoms with Gasteiger partial charge >= 0.3 is 0 Å². The van der Waals surface area contributed by atoms with Crippen LogP contribution >= 0.6 is 0 Å². The smallest absolute Gasteiger partial charge is 0.268 e. The second-order valence-corrected chi connectivity index (χ2v) is 20.0. The van der Waals surface area contributed by atoms with Crippen molar-refractivity contribution in [3.05, 3.63) is 187 Å². The molecule has 1 aliphatic rings. The number of pyridine rings is 1. The van der Waals surface area contributed by atoms with Gasteiger partial charge in [-0.25, -0.2) is 4.98 Å². The number of hydrogen-bond acceptors (Lipinski definition) is 2. The number of para-hydroxylation sites is 2. The Kier molecular flexibility index (Phi) is 8.33. The molecule has 66 heavy (non-hydrogen) atoms. The summed E-state index contributed by atoms with van der Waals surface area (Å²) in [5.41, 5.74) is 7.08. The van der Waals surface area contributed by atoms with Gasteiger partial charge in [-0.1, -0.05) is 165 Å². The van der Waals surface area contributed by atoms with E-state index in [-0.39, 0.29) is 60.8 Å². The van der Waals surface area contributed by atoms with Crippen LogP contribution in [0.5, 0.6) is 11.5 Å². The van der Waals surface area contributed by atoms with Crippen LogP contribution in [0, 0.1) is 18.5 Å². The van der Waals surface area contributed by atoms with E-state index >= 15 is 0 Å². The average Bonchev–Trinajstić information content (AvgIpc) is 3.91. The van der Waals surface area contributed by atoms with E-state index in [1.807, 2.05) is 76.0 Å². The molecule has 3 aromatic heterocycles. The van der Waals surface area contributed by atoms with Crippen molar-refractivity contribution in [2.45, 2.75) is 78.6 Å². The van der Waals surface area contributed by atoms with Crippen molar-refractivity contribution >= 4 is 32.8 Å². The molecule has 0 saturated carbocycles. The summed E-state index contributed by atoms with van der Waals surface area (Å²) in [5, 5.41) is 2.06. The van der Waals surface area contributed by atoms with Gasteiger partial charge in [0, 0.05) is 44.3 Å². The summed E-state index contributed by atoms with van der Waals surface area (Å²) in [6.45, 7) is 19.1. The van der Waals surface area contributed by atoms with E-state index in [2.05, 4.69) is 116 Å². The number of nitrogens with zero attached hydrogens (tertiary/aromatic N) is 4. The fourth-order valence-corrected chi connectivity index (χ4v) is 9.10. The number of aromatic nitrogens is 4. The third-order valence-electron chi connectivity index (χ3n) is 12.5. The van der Waals surface area contributed by atoms with Gasteiger partial charge in [-0.15, -0.1) is 29.7 Å². The van der Waals surface area contributed by atoms with E-state index in [9.17, 15) is 5.48 Å². The first-order valence-electron chi connectivity index (χ1n) is 26.0. The van der Waals surface area contributed by atoms with Crippen LogP contribution in [0.25, 0.3) is 83.4 Å². The quantitative estimate of drug-likeness (QED) is 0.130. The van der Waals surface area contributed by atoms with Gasteiger partial charge in [0.15, 0.2) is 0 Å². The molecule has 330 valence electrons. The number of fused-ring (bicyclic) bond motifs is 10. The molecular weight excluding hydrogens is 988 g/mol. The third kappa shape index (κ3) is 7.20. The van der Waals surface area contributed by atoms with Crippen LogP contribution in [0.3, 0.4) is 0 Å². The fraction of sp³-hybridized carbons (Fsp3) is 0.200. The minimum Gasteiger partial charge on any atom is -0.510 e. The van der Waals surface area contributed by atoms with Gasteiger partial charge in [0.05, 0.1) is 27.7 Å². The molecule has 0 radical (unpaired) electrons. The normalized spacial score (nSPS) is 14.2. The number of benzene rings is 7. The minimum atomic E-state index is -0.555. The first kappa shape index (κ1) is 34.7. The number of hydrogen-bond donors (Lipinski definition) is 0. The second-order valence-electron chi connectivity index (χ2n) is 20.0. The first-order valence-corrected chi connectivity index (χ1v) is 22.0. The van der Waals surface area contributed by atoms with Crippen molar-refractivity contribution in [1.82, 2.24) is 14.1 Å². The molecule has 11 rings (SSSR count). The summed E-state index contributed by atoms with van der Waals surface area (Å²) in [7, 11) is 0. The molecule has 7 aromatic carbocycles. The standard InChI is InChI=1S/C60H52N4O.Pt/c1-58(2,3)38-30-31-61-55(34-38)64-52-26-15-14-24-47(52)48-29-28-42(36-54(48)64)65-41-19-16-18-40(35-41)62-37-63-56-50(32-39(59(4,5)6)33-51(56)60(7,8)9)46-23-13-11-21-44(46)43-20-10-12-22-45(43)49-25-17-27-53(62)57(49)63;/h10-34H,1-9H3;/q-2;/i10D,11D,12D,13D,20D,21D,22D,23D;. The topological polar surface area (TPSA) is 35.9 Å². The second kappa shape index (κ2) is 15.8. The van der Waals surface area contributed by atoms with Crippen LogP contribution in [0.4, 0.5) is 0 Å². The number of ether oxygens (including phenoxy) is 1. The molecule has 0 saturated heterocycles. The van der Waals surface area contributed by atoms with Gasteiger partial charge in [-0.2, -0.15) is 18.2 Å². The van der Waals surface area contributed by atoms with Gasteiger partial charge in [-0.05, 0) is 95.6 Å². The van der Waals surface area contributed by atoms with Crippen LogP contribution in [0.2, 0.25) is 0 Å². The number of rotatable bonds is 4. The Morgan fingerprint density at radius 1 is 0.576 bits per heavy atom. The fourth-order valence-electron chi connectivity index (χ4n) is 9.10. The summed E-state index contributed by atoms with van der Waals surface area (Å²) < 4.78 is 86.9.